The van der Waals surface area contributed by atoms with Crippen LogP contribution in [0, 0.1) is 13.8 Å². The molecule has 1 aromatic carbocycles. The van der Waals surface area contributed by atoms with Gasteiger partial charge in [-0.05, 0) is 43.4 Å². The minimum Gasteiger partial charge on any atom is -0.383 e. The first-order valence-corrected chi connectivity index (χ1v) is 5.50. The monoisotopic (exact) mass is 206 g/mol. The maximum Gasteiger partial charge on any atom is 0.113 e. The topological polar surface area (TPSA) is 29.5 Å². The van der Waals surface area contributed by atoms with Gasteiger partial charge in [-0.15, -0.1) is 0 Å². The highest BCUT2D eigenvalue weighted by Gasteiger charge is 2.32. The van der Waals surface area contributed by atoms with Crippen LogP contribution in [0.4, 0.5) is 0 Å². The minimum absolute atomic E-state index is 0.426. The quantitative estimate of drug-likeness (QED) is 0.764. The average Bonchev–Trinajstić information content (AvgIpc) is 2.23. The number of aryl methyl sites for hydroxylation is 2. The Morgan fingerprint density at radius 2 is 2.07 bits per heavy atom. The predicted molar refractivity (Wildman–Crippen MR) is 59.9 cm³/mol. The fraction of sp³-hybridized carbons (Fsp3) is 0.538. The molecule has 1 heterocycles. The van der Waals surface area contributed by atoms with Gasteiger partial charge in [-0.25, -0.2) is 0 Å². The van der Waals surface area contributed by atoms with E-state index in [0.717, 1.165) is 25.0 Å². The molecule has 2 nitrogen and oxygen atoms in total. The Labute approximate surface area is 90.9 Å². The Balaban J connectivity index is 2.31. The van der Waals surface area contributed by atoms with Crippen LogP contribution in [0.5, 0.6) is 0 Å². The molecule has 2 rings (SSSR count). The van der Waals surface area contributed by atoms with Crippen molar-refractivity contribution >= 4 is 0 Å². The molecule has 0 spiro atoms. The van der Waals surface area contributed by atoms with Crippen LogP contribution in [-0.2, 0) is 10.3 Å². The van der Waals surface area contributed by atoms with Crippen molar-refractivity contribution in [2.75, 3.05) is 13.2 Å². The highest BCUT2D eigenvalue weighted by atomic mass is 16.5. The number of aliphatic hydroxyl groups is 1. The summed E-state index contributed by atoms with van der Waals surface area (Å²) >= 11 is 0. The molecule has 1 saturated heterocycles. The molecule has 1 N–H and O–H groups in total. The average molecular weight is 206 g/mol. The van der Waals surface area contributed by atoms with E-state index in [4.69, 9.17) is 4.74 Å². The number of ether oxygens (including phenoxy) is 1. The van der Waals surface area contributed by atoms with Gasteiger partial charge >= 0.3 is 0 Å². The molecule has 0 aromatic heterocycles. The van der Waals surface area contributed by atoms with Gasteiger partial charge in [-0.1, -0.05) is 18.2 Å². The van der Waals surface area contributed by atoms with Gasteiger partial charge in [0.15, 0.2) is 0 Å². The zero-order valence-electron chi connectivity index (χ0n) is 9.42. The lowest BCUT2D eigenvalue weighted by Crippen LogP contribution is -2.35. The summed E-state index contributed by atoms with van der Waals surface area (Å²) < 4.78 is 5.36. The van der Waals surface area contributed by atoms with Crippen molar-refractivity contribution in [2.24, 2.45) is 0 Å². The second-order valence-corrected chi connectivity index (χ2v) is 4.49. The highest BCUT2D eigenvalue weighted by molar-refractivity contribution is 5.33. The van der Waals surface area contributed by atoms with E-state index in [2.05, 4.69) is 26.0 Å². The van der Waals surface area contributed by atoms with Crippen molar-refractivity contribution < 1.29 is 9.84 Å². The zero-order chi connectivity index (χ0) is 10.9. The fourth-order valence-corrected chi connectivity index (χ4v) is 2.04. The first-order valence-electron chi connectivity index (χ1n) is 5.50. The summed E-state index contributed by atoms with van der Waals surface area (Å²) in [4.78, 5) is 0. The maximum absolute atomic E-state index is 10.4. The molecule has 1 aliphatic heterocycles. The number of hydrogen-bond acceptors (Lipinski definition) is 2. The molecular formula is C13H18O2. The lowest BCUT2D eigenvalue weighted by atomic mass is 9.87. The second-order valence-electron chi connectivity index (χ2n) is 4.49. The van der Waals surface area contributed by atoms with Gasteiger partial charge in [-0.2, -0.15) is 0 Å². The molecule has 82 valence electrons. The van der Waals surface area contributed by atoms with Gasteiger partial charge in [0.05, 0.1) is 6.61 Å². The number of hydrogen-bond donors (Lipinski definition) is 1. The molecule has 0 bridgehead atoms. The van der Waals surface area contributed by atoms with Crippen molar-refractivity contribution in [3.63, 3.8) is 0 Å². The SMILES string of the molecule is Cc1ccc(C2(O)CCCOC2)cc1C. The summed E-state index contributed by atoms with van der Waals surface area (Å²) in [6.45, 7) is 5.36. The van der Waals surface area contributed by atoms with E-state index in [0.29, 0.717) is 6.61 Å². The lowest BCUT2D eigenvalue weighted by Gasteiger charge is -2.32. The molecule has 1 unspecified atom stereocenters. The van der Waals surface area contributed by atoms with Crippen molar-refractivity contribution in [3.05, 3.63) is 34.9 Å². The normalized spacial score (nSPS) is 26.6. The summed E-state index contributed by atoms with van der Waals surface area (Å²) in [5, 5.41) is 10.4. The van der Waals surface area contributed by atoms with Crippen LogP contribution in [0.25, 0.3) is 0 Å². The Hall–Kier alpha value is -0.860. The Kier molecular flexibility index (Phi) is 2.81. The van der Waals surface area contributed by atoms with E-state index in [1.807, 2.05) is 6.07 Å². The molecule has 1 fully saturated rings. The summed E-state index contributed by atoms with van der Waals surface area (Å²) in [7, 11) is 0. The van der Waals surface area contributed by atoms with Gasteiger partial charge in [0, 0.05) is 6.61 Å². The van der Waals surface area contributed by atoms with E-state index in [9.17, 15) is 5.11 Å². The van der Waals surface area contributed by atoms with E-state index in [-0.39, 0.29) is 0 Å². The summed E-state index contributed by atoms with van der Waals surface area (Å²) in [6, 6.07) is 6.15. The van der Waals surface area contributed by atoms with Gasteiger partial charge in [0.1, 0.15) is 5.60 Å². The molecule has 1 aliphatic rings. The van der Waals surface area contributed by atoms with Gasteiger partial charge < -0.3 is 9.84 Å². The molecule has 0 aliphatic carbocycles. The molecule has 1 atom stereocenters. The van der Waals surface area contributed by atoms with Crippen LogP contribution in [0.1, 0.15) is 29.5 Å². The van der Waals surface area contributed by atoms with Crippen LogP contribution >= 0.6 is 0 Å². The van der Waals surface area contributed by atoms with Crippen molar-refractivity contribution in [1.82, 2.24) is 0 Å². The predicted octanol–water partition coefficient (Wildman–Crippen LogP) is 2.30. The largest absolute Gasteiger partial charge is 0.383 e. The third kappa shape index (κ3) is 2.06. The highest BCUT2D eigenvalue weighted by Crippen LogP contribution is 2.31. The van der Waals surface area contributed by atoms with Crippen LogP contribution in [-0.4, -0.2) is 18.3 Å². The zero-order valence-corrected chi connectivity index (χ0v) is 9.42. The van der Waals surface area contributed by atoms with Gasteiger partial charge in [-0.3, -0.25) is 0 Å². The summed E-state index contributed by atoms with van der Waals surface area (Å²) in [5.41, 5.74) is 2.72. The van der Waals surface area contributed by atoms with Crippen LogP contribution in [0.15, 0.2) is 18.2 Å². The van der Waals surface area contributed by atoms with Crippen molar-refractivity contribution in [3.8, 4) is 0 Å². The Bertz CT molecular complexity index is 352. The summed E-state index contributed by atoms with van der Waals surface area (Å²) in [5.74, 6) is 0. The third-order valence-corrected chi connectivity index (χ3v) is 3.26. The number of benzene rings is 1. The van der Waals surface area contributed by atoms with Crippen LogP contribution < -0.4 is 0 Å². The first kappa shape index (κ1) is 10.7. The maximum atomic E-state index is 10.4. The Morgan fingerprint density at radius 3 is 2.67 bits per heavy atom. The molecule has 2 heteroatoms. The Morgan fingerprint density at radius 1 is 1.27 bits per heavy atom. The van der Waals surface area contributed by atoms with E-state index in [1.165, 1.54) is 11.1 Å². The molecular weight excluding hydrogens is 188 g/mol. The standard InChI is InChI=1S/C13H18O2/c1-10-4-5-12(8-11(10)2)13(14)6-3-7-15-9-13/h4-5,8,14H,3,6-7,9H2,1-2H3. The van der Waals surface area contributed by atoms with Gasteiger partial charge in [0.25, 0.3) is 0 Å². The summed E-state index contributed by atoms with van der Waals surface area (Å²) in [6.07, 6.45) is 1.74. The number of rotatable bonds is 1. The molecule has 0 radical (unpaired) electrons. The molecule has 1 aromatic rings. The van der Waals surface area contributed by atoms with E-state index in [1.54, 1.807) is 0 Å². The molecule has 0 saturated carbocycles. The smallest absolute Gasteiger partial charge is 0.113 e. The fourth-order valence-electron chi connectivity index (χ4n) is 2.04. The van der Waals surface area contributed by atoms with E-state index >= 15 is 0 Å². The van der Waals surface area contributed by atoms with Crippen molar-refractivity contribution in [1.29, 1.82) is 0 Å². The third-order valence-electron chi connectivity index (χ3n) is 3.26. The van der Waals surface area contributed by atoms with Gasteiger partial charge in [0.2, 0.25) is 0 Å². The molecule has 15 heavy (non-hydrogen) atoms. The lowest BCUT2D eigenvalue weighted by molar-refractivity contribution is -0.0903. The molecule has 0 amide bonds. The van der Waals surface area contributed by atoms with E-state index < -0.39 is 5.60 Å². The first-order chi connectivity index (χ1) is 7.12. The van der Waals surface area contributed by atoms with Crippen LogP contribution in [0.3, 0.4) is 0 Å². The minimum atomic E-state index is -0.767. The second kappa shape index (κ2) is 3.95. The van der Waals surface area contributed by atoms with Crippen LogP contribution in [0.2, 0.25) is 0 Å². The van der Waals surface area contributed by atoms with Crippen molar-refractivity contribution in [2.45, 2.75) is 32.3 Å².